The van der Waals surface area contributed by atoms with Gasteiger partial charge in [0.2, 0.25) is 0 Å². The van der Waals surface area contributed by atoms with E-state index in [2.05, 4.69) is 106 Å². The fourth-order valence-electron chi connectivity index (χ4n) is 9.92. The number of carbonyl (C=O) groups is 3. The number of esters is 3. The van der Waals surface area contributed by atoms with E-state index in [9.17, 15) is 14.4 Å². The maximum atomic E-state index is 12.9. The lowest BCUT2D eigenvalue weighted by molar-refractivity contribution is -0.167. The number of ether oxygens (including phenoxy) is 3. The normalized spacial score (nSPS) is 12.6. The number of unbranched alkanes of at least 4 members (excludes halogenated alkanes) is 38. The molecule has 0 saturated carbocycles. The van der Waals surface area contributed by atoms with Crippen LogP contribution in [-0.2, 0) is 28.6 Å². The van der Waals surface area contributed by atoms with Crippen molar-refractivity contribution in [3.63, 3.8) is 0 Å². The summed E-state index contributed by atoms with van der Waals surface area (Å²) in [6.45, 7) is 6.50. The topological polar surface area (TPSA) is 78.9 Å². The van der Waals surface area contributed by atoms with Crippen LogP contribution in [0.4, 0.5) is 0 Å². The van der Waals surface area contributed by atoms with E-state index in [4.69, 9.17) is 14.2 Å². The van der Waals surface area contributed by atoms with Crippen LogP contribution in [0.2, 0.25) is 0 Å². The van der Waals surface area contributed by atoms with E-state index in [1.54, 1.807) is 0 Å². The molecule has 80 heavy (non-hydrogen) atoms. The predicted octanol–water partition coefficient (Wildman–Crippen LogP) is 23.8. The highest BCUT2D eigenvalue weighted by molar-refractivity contribution is 5.71. The van der Waals surface area contributed by atoms with Crippen LogP contribution in [0.3, 0.4) is 0 Å². The Kier molecular flexibility index (Phi) is 65.2. The molecule has 0 spiro atoms. The zero-order valence-corrected chi connectivity index (χ0v) is 53.1. The summed E-state index contributed by atoms with van der Waals surface area (Å²) in [6.07, 6.45) is 90.4. The van der Waals surface area contributed by atoms with Gasteiger partial charge in [0.1, 0.15) is 13.2 Å². The Labute approximate surface area is 496 Å². The smallest absolute Gasteiger partial charge is 0.306 e. The first kappa shape index (κ1) is 76.6. The van der Waals surface area contributed by atoms with Gasteiger partial charge in [0.15, 0.2) is 6.10 Å². The lowest BCUT2D eigenvalue weighted by Gasteiger charge is -2.18. The standard InChI is InChI=1S/C74H130O6/c1-4-7-10-13-16-19-22-25-28-30-32-33-34-35-36-37-38-39-40-41-43-44-46-49-52-55-58-61-64-67-73(76)79-70-71(69-78-72(75)66-63-60-57-54-51-48-27-24-21-18-15-12-9-6-3)80-74(77)68-65-62-59-56-53-50-47-45-42-31-29-26-23-20-17-14-11-8-5-2/h8,11,15,17-18,20,24,26-27,29-30,32,42,45,71H,4-7,9-10,12-14,16,19,21-23,25,28,31,33-41,43-44,46-70H2,1-3H3/b11-8-,18-15-,20-17-,27-24-,29-26-,32-30-,45-42-. The Morgan fingerprint density at radius 3 is 0.812 bits per heavy atom. The summed E-state index contributed by atoms with van der Waals surface area (Å²) in [5.74, 6) is -0.898. The Bertz CT molecular complexity index is 1520. The highest BCUT2D eigenvalue weighted by atomic mass is 16.6. The molecule has 0 saturated heterocycles. The molecule has 0 heterocycles. The van der Waals surface area contributed by atoms with Crippen molar-refractivity contribution < 1.29 is 28.6 Å². The number of carbonyl (C=O) groups excluding carboxylic acids is 3. The summed E-state index contributed by atoms with van der Waals surface area (Å²) < 4.78 is 16.9. The van der Waals surface area contributed by atoms with Gasteiger partial charge in [-0.2, -0.15) is 0 Å². The molecule has 0 aliphatic carbocycles. The van der Waals surface area contributed by atoms with Crippen molar-refractivity contribution in [1.29, 1.82) is 0 Å². The highest BCUT2D eigenvalue weighted by Gasteiger charge is 2.19. The van der Waals surface area contributed by atoms with Crippen molar-refractivity contribution in [2.75, 3.05) is 13.2 Å². The number of rotatable bonds is 63. The van der Waals surface area contributed by atoms with Crippen LogP contribution in [0, 0.1) is 0 Å². The Morgan fingerprint density at radius 1 is 0.263 bits per heavy atom. The molecule has 6 nitrogen and oxygen atoms in total. The average molecular weight is 1120 g/mol. The van der Waals surface area contributed by atoms with Crippen LogP contribution in [0.15, 0.2) is 85.1 Å². The minimum absolute atomic E-state index is 0.0849. The molecule has 1 unspecified atom stereocenters. The predicted molar refractivity (Wildman–Crippen MR) is 348 cm³/mol. The van der Waals surface area contributed by atoms with Crippen molar-refractivity contribution in [1.82, 2.24) is 0 Å². The molecule has 0 aromatic carbocycles. The van der Waals surface area contributed by atoms with Gasteiger partial charge >= 0.3 is 17.9 Å². The van der Waals surface area contributed by atoms with E-state index in [0.29, 0.717) is 19.3 Å². The number of hydrogen-bond donors (Lipinski definition) is 0. The first-order valence-corrected chi connectivity index (χ1v) is 34.6. The third kappa shape index (κ3) is 65.4. The van der Waals surface area contributed by atoms with E-state index in [-0.39, 0.29) is 31.1 Å². The van der Waals surface area contributed by atoms with Crippen molar-refractivity contribution in [2.24, 2.45) is 0 Å². The van der Waals surface area contributed by atoms with Gasteiger partial charge in [-0.25, -0.2) is 0 Å². The van der Waals surface area contributed by atoms with Gasteiger partial charge in [-0.15, -0.1) is 0 Å². The van der Waals surface area contributed by atoms with E-state index in [1.807, 2.05) is 0 Å². The van der Waals surface area contributed by atoms with Gasteiger partial charge in [0, 0.05) is 19.3 Å². The Morgan fingerprint density at radius 2 is 0.500 bits per heavy atom. The largest absolute Gasteiger partial charge is 0.462 e. The molecule has 0 fully saturated rings. The van der Waals surface area contributed by atoms with Crippen LogP contribution in [0.1, 0.15) is 348 Å². The van der Waals surface area contributed by atoms with Crippen LogP contribution < -0.4 is 0 Å². The molecule has 0 amide bonds. The van der Waals surface area contributed by atoms with E-state index in [0.717, 1.165) is 116 Å². The van der Waals surface area contributed by atoms with E-state index >= 15 is 0 Å². The fourth-order valence-corrected chi connectivity index (χ4v) is 9.92. The molecular weight excluding hydrogens is 985 g/mol. The van der Waals surface area contributed by atoms with Crippen molar-refractivity contribution in [2.45, 2.75) is 354 Å². The van der Waals surface area contributed by atoms with Gasteiger partial charge in [-0.05, 0) is 109 Å². The summed E-state index contributed by atoms with van der Waals surface area (Å²) in [6, 6.07) is 0. The van der Waals surface area contributed by atoms with E-state index < -0.39 is 6.10 Å². The monoisotopic (exact) mass is 1110 g/mol. The fraction of sp³-hybridized carbons (Fsp3) is 0.770. The lowest BCUT2D eigenvalue weighted by atomic mass is 10.0. The second-order valence-electron chi connectivity index (χ2n) is 23.1. The molecule has 0 aliphatic rings. The first-order chi connectivity index (χ1) is 39.5. The third-order valence-electron chi connectivity index (χ3n) is 15.1. The summed E-state index contributed by atoms with van der Waals surface area (Å²) in [7, 11) is 0. The number of hydrogen-bond acceptors (Lipinski definition) is 6. The molecule has 0 aromatic heterocycles. The lowest BCUT2D eigenvalue weighted by Crippen LogP contribution is -2.30. The first-order valence-electron chi connectivity index (χ1n) is 34.6. The maximum Gasteiger partial charge on any atom is 0.306 e. The Hall–Kier alpha value is -3.41. The molecule has 462 valence electrons. The van der Waals surface area contributed by atoms with Gasteiger partial charge in [-0.1, -0.05) is 305 Å². The van der Waals surface area contributed by atoms with Gasteiger partial charge in [0.05, 0.1) is 0 Å². The molecule has 0 N–H and O–H groups in total. The van der Waals surface area contributed by atoms with Crippen LogP contribution in [0.5, 0.6) is 0 Å². The van der Waals surface area contributed by atoms with E-state index in [1.165, 1.54) is 193 Å². The molecular formula is C74H130O6. The second-order valence-corrected chi connectivity index (χ2v) is 23.1. The quantitative estimate of drug-likeness (QED) is 0.0261. The van der Waals surface area contributed by atoms with Gasteiger partial charge < -0.3 is 14.2 Å². The molecule has 0 aromatic rings. The second kappa shape index (κ2) is 68.1. The molecule has 6 heteroatoms. The van der Waals surface area contributed by atoms with Crippen molar-refractivity contribution >= 4 is 17.9 Å². The average Bonchev–Trinajstić information content (AvgIpc) is 3.46. The van der Waals surface area contributed by atoms with Gasteiger partial charge in [0.25, 0.3) is 0 Å². The van der Waals surface area contributed by atoms with Gasteiger partial charge in [-0.3, -0.25) is 14.4 Å². The minimum Gasteiger partial charge on any atom is -0.462 e. The number of allylic oxidation sites excluding steroid dienone is 14. The van der Waals surface area contributed by atoms with Crippen LogP contribution >= 0.6 is 0 Å². The summed E-state index contributed by atoms with van der Waals surface area (Å²) in [4.78, 5) is 38.4. The zero-order chi connectivity index (χ0) is 57.8. The summed E-state index contributed by atoms with van der Waals surface area (Å²) in [5.41, 5.74) is 0. The molecule has 0 aliphatic heterocycles. The van der Waals surface area contributed by atoms with Crippen molar-refractivity contribution in [3.8, 4) is 0 Å². The molecule has 0 radical (unpaired) electrons. The summed E-state index contributed by atoms with van der Waals surface area (Å²) >= 11 is 0. The van der Waals surface area contributed by atoms with Crippen LogP contribution in [0.25, 0.3) is 0 Å². The molecule has 1 atom stereocenters. The highest BCUT2D eigenvalue weighted by Crippen LogP contribution is 2.17. The SMILES string of the molecule is CC/C=C\C/C=C\C/C=C\C/C=C\CCCCCCCCC(=O)OC(COC(=O)CCCCCCC/C=C\C/C=C\CCCC)COC(=O)CCCCCCCCCCCCCCCCCCC/C=C\CCCCCCCCCC. The Balaban J connectivity index is 4.26. The zero-order valence-electron chi connectivity index (χ0n) is 53.1. The molecule has 0 rings (SSSR count). The maximum absolute atomic E-state index is 12.9. The minimum atomic E-state index is -0.791. The summed E-state index contributed by atoms with van der Waals surface area (Å²) in [5, 5.41) is 0. The van der Waals surface area contributed by atoms with Crippen LogP contribution in [-0.4, -0.2) is 37.2 Å². The molecule has 0 bridgehead atoms. The third-order valence-corrected chi connectivity index (χ3v) is 15.1. The van der Waals surface area contributed by atoms with Crippen molar-refractivity contribution in [3.05, 3.63) is 85.1 Å².